The van der Waals surface area contributed by atoms with Crippen molar-refractivity contribution in [2.75, 3.05) is 11.9 Å². The highest BCUT2D eigenvalue weighted by Gasteiger charge is 2.13. The molecular weight excluding hydrogens is 282 g/mol. The first-order valence-corrected chi connectivity index (χ1v) is 6.89. The van der Waals surface area contributed by atoms with Gasteiger partial charge in [-0.3, -0.25) is 4.79 Å². The molecule has 22 heavy (non-hydrogen) atoms. The van der Waals surface area contributed by atoms with E-state index in [4.69, 9.17) is 4.74 Å². The van der Waals surface area contributed by atoms with Gasteiger partial charge in [0.1, 0.15) is 5.75 Å². The third-order valence-corrected chi connectivity index (χ3v) is 3.08. The molecule has 2 aromatic carbocycles. The highest BCUT2D eigenvalue weighted by atomic mass is 16.5. The van der Waals surface area contributed by atoms with Crippen LogP contribution in [0.15, 0.2) is 42.5 Å². The van der Waals surface area contributed by atoms with Crippen molar-refractivity contribution in [3.8, 4) is 5.75 Å². The summed E-state index contributed by atoms with van der Waals surface area (Å²) >= 11 is 0. The predicted molar refractivity (Wildman–Crippen MR) is 83.7 cm³/mol. The van der Waals surface area contributed by atoms with Gasteiger partial charge in [0, 0.05) is 5.56 Å². The molecule has 0 fully saturated rings. The van der Waals surface area contributed by atoms with Crippen molar-refractivity contribution in [2.24, 2.45) is 0 Å². The fourth-order valence-electron chi connectivity index (χ4n) is 2.01. The van der Waals surface area contributed by atoms with Crippen molar-refractivity contribution in [3.05, 3.63) is 59.2 Å². The summed E-state index contributed by atoms with van der Waals surface area (Å²) < 4.78 is 5.31. The molecule has 0 unspecified atom stereocenters. The number of carbonyl (C=O) groups is 2. The Morgan fingerprint density at radius 1 is 1.14 bits per heavy atom. The predicted octanol–water partition coefficient (Wildman–Crippen LogP) is 3.34. The van der Waals surface area contributed by atoms with Crippen LogP contribution < -0.4 is 10.1 Å². The standard InChI is InChI=1S/C17H17NO4/c1-3-22-13-7-5-12(6-8-13)16(19)18-15-9-4-11(2)10-14(15)17(20)21/h4-10H,3H2,1-2H3,(H,18,19)(H,20,21). The summed E-state index contributed by atoms with van der Waals surface area (Å²) in [5.41, 5.74) is 1.59. The normalized spacial score (nSPS) is 10.1. The quantitative estimate of drug-likeness (QED) is 0.887. The highest BCUT2D eigenvalue weighted by molar-refractivity contribution is 6.07. The first-order valence-electron chi connectivity index (χ1n) is 6.89. The molecule has 0 saturated carbocycles. The molecule has 2 rings (SSSR count). The number of ether oxygens (including phenoxy) is 1. The minimum absolute atomic E-state index is 0.0688. The zero-order chi connectivity index (χ0) is 16.1. The van der Waals surface area contributed by atoms with Gasteiger partial charge in [-0.1, -0.05) is 11.6 Å². The average Bonchev–Trinajstić information content (AvgIpc) is 2.50. The van der Waals surface area contributed by atoms with Crippen LogP contribution in [0.2, 0.25) is 0 Å². The number of hydrogen-bond acceptors (Lipinski definition) is 3. The summed E-state index contributed by atoms with van der Waals surface area (Å²) in [5, 5.41) is 11.8. The van der Waals surface area contributed by atoms with E-state index >= 15 is 0 Å². The van der Waals surface area contributed by atoms with Crippen molar-refractivity contribution in [3.63, 3.8) is 0 Å². The van der Waals surface area contributed by atoms with E-state index in [1.54, 1.807) is 43.3 Å². The van der Waals surface area contributed by atoms with Gasteiger partial charge in [-0.15, -0.1) is 0 Å². The molecule has 0 aliphatic heterocycles. The smallest absolute Gasteiger partial charge is 0.337 e. The molecule has 1 amide bonds. The maximum atomic E-state index is 12.2. The summed E-state index contributed by atoms with van der Waals surface area (Å²) in [4.78, 5) is 23.4. The van der Waals surface area contributed by atoms with E-state index in [0.717, 1.165) is 5.56 Å². The number of benzene rings is 2. The minimum atomic E-state index is -1.08. The number of aromatic carboxylic acids is 1. The Morgan fingerprint density at radius 2 is 1.82 bits per heavy atom. The lowest BCUT2D eigenvalue weighted by atomic mass is 10.1. The van der Waals surface area contributed by atoms with Crippen LogP contribution in [0.4, 0.5) is 5.69 Å². The number of anilines is 1. The van der Waals surface area contributed by atoms with Crippen molar-refractivity contribution < 1.29 is 19.4 Å². The maximum absolute atomic E-state index is 12.2. The van der Waals surface area contributed by atoms with E-state index in [9.17, 15) is 14.7 Å². The second-order valence-electron chi connectivity index (χ2n) is 4.77. The number of hydrogen-bond donors (Lipinski definition) is 2. The fourth-order valence-corrected chi connectivity index (χ4v) is 2.01. The van der Waals surface area contributed by atoms with Gasteiger partial charge < -0.3 is 15.2 Å². The van der Waals surface area contributed by atoms with Crippen LogP contribution in [0.1, 0.15) is 33.2 Å². The van der Waals surface area contributed by atoms with Crippen molar-refractivity contribution >= 4 is 17.6 Å². The monoisotopic (exact) mass is 299 g/mol. The molecule has 0 aliphatic rings. The Hall–Kier alpha value is -2.82. The van der Waals surface area contributed by atoms with E-state index in [-0.39, 0.29) is 17.2 Å². The largest absolute Gasteiger partial charge is 0.494 e. The topological polar surface area (TPSA) is 75.6 Å². The van der Waals surface area contributed by atoms with Crippen LogP contribution in [0, 0.1) is 6.92 Å². The Bertz CT molecular complexity index is 692. The van der Waals surface area contributed by atoms with Crippen LogP contribution in [-0.4, -0.2) is 23.6 Å². The van der Waals surface area contributed by atoms with Gasteiger partial charge >= 0.3 is 5.97 Å². The van der Waals surface area contributed by atoms with Gasteiger partial charge in [0.25, 0.3) is 5.91 Å². The number of amides is 1. The summed E-state index contributed by atoms with van der Waals surface area (Å²) in [5.74, 6) is -0.763. The molecule has 0 saturated heterocycles. The molecule has 0 spiro atoms. The van der Waals surface area contributed by atoms with Crippen LogP contribution >= 0.6 is 0 Å². The minimum Gasteiger partial charge on any atom is -0.494 e. The van der Waals surface area contributed by atoms with E-state index < -0.39 is 5.97 Å². The third kappa shape index (κ3) is 3.63. The van der Waals surface area contributed by atoms with Crippen molar-refractivity contribution in [1.82, 2.24) is 0 Å². The van der Waals surface area contributed by atoms with Crippen LogP contribution in [-0.2, 0) is 0 Å². The molecule has 114 valence electrons. The number of nitrogens with one attached hydrogen (secondary N) is 1. The van der Waals surface area contributed by atoms with Crippen LogP contribution in [0.25, 0.3) is 0 Å². The average molecular weight is 299 g/mol. The summed E-state index contributed by atoms with van der Waals surface area (Å²) in [6.45, 7) is 4.23. The first kappa shape index (κ1) is 15.6. The molecule has 0 radical (unpaired) electrons. The zero-order valence-corrected chi connectivity index (χ0v) is 12.4. The second-order valence-corrected chi connectivity index (χ2v) is 4.77. The number of carboxylic acids is 1. The van der Waals surface area contributed by atoms with E-state index in [1.165, 1.54) is 6.07 Å². The van der Waals surface area contributed by atoms with Gasteiger partial charge in [0.2, 0.25) is 0 Å². The molecule has 5 nitrogen and oxygen atoms in total. The second kappa shape index (κ2) is 6.76. The number of rotatable bonds is 5. The molecule has 2 aromatic rings. The maximum Gasteiger partial charge on any atom is 0.337 e. The van der Waals surface area contributed by atoms with E-state index in [1.807, 2.05) is 6.92 Å². The Balaban J connectivity index is 2.20. The fraction of sp³-hybridized carbons (Fsp3) is 0.176. The molecule has 2 N–H and O–H groups in total. The molecule has 0 atom stereocenters. The summed E-state index contributed by atoms with van der Waals surface area (Å²) in [7, 11) is 0. The molecule has 0 aliphatic carbocycles. The Morgan fingerprint density at radius 3 is 2.41 bits per heavy atom. The zero-order valence-electron chi connectivity index (χ0n) is 12.4. The third-order valence-electron chi connectivity index (χ3n) is 3.08. The SMILES string of the molecule is CCOc1ccc(C(=O)Nc2ccc(C)cc2C(=O)O)cc1. The molecule has 0 bridgehead atoms. The molecule has 0 aromatic heterocycles. The summed E-state index contributed by atoms with van der Waals surface area (Å²) in [6.07, 6.45) is 0. The lowest BCUT2D eigenvalue weighted by molar-refractivity contribution is 0.0698. The van der Waals surface area contributed by atoms with Gasteiger partial charge in [0.05, 0.1) is 17.9 Å². The van der Waals surface area contributed by atoms with Crippen LogP contribution in [0.5, 0.6) is 5.75 Å². The Labute approximate surface area is 128 Å². The van der Waals surface area contributed by atoms with Gasteiger partial charge in [-0.25, -0.2) is 4.79 Å². The molecule has 0 heterocycles. The lowest BCUT2D eigenvalue weighted by Gasteiger charge is -2.10. The van der Waals surface area contributed by atoms with Crippen molar-refractivity contribution in [2.45, 2.75) is 13.8 Å². The van der Waals surface area contributed by atoms with Crippen molar-refractivity contribution in [1.29, 1.82) is 0 Å². The van der Waals surface area contributed by atoms with E-state index in [2.05, 4.69) is 5.32 Å². The van der Waals surface area contributed by atoms with Crippen LogP contribution in [0.3, 0.4) is 0 Å². The van der Waals surface area contributed by atoms with E-state index in [0.29, 0.717) is 17.9 Å². The van der Waals surface area contributed by atoms with Gasteiger partial charge in [0.15, 0.2) is 0 Å². The molecular formula is C17H17NO4. The summed E-state index contributed by atoms with van der Waals surface area (Å²) in [6, 6.07) is 11.5. The van der Waals surface area contributed by atoms with Gasteiger partial charge in [-0.2, -0.15) is 0 Å². The number of carbonyl (C=O) groups excluding carboxylic acids is 1. The first-order chi connectivity index (χ1) is 10.5. The number of carboxylic acid groups (broad SMARTS) is 1. The molecule has 5 heteroatoms. The number of aryl methyl sites for hydroxylation is 1. The Kier molecular flexibility index (Phi) is 4.78. The van der Waals surface area contributed by atoms with Gasteiger partial charge in [-0.05, 0) is 50.2 Å². The lowest BCUT2D eigenvalue weighted by Crippen LogP contribution is -2.15. The highest BCUT2D eigenvalue weighted by Crippen LogP contribution is 2.19.